The molecule has 1 atom stereocenters. The summed E-state index contributed by atoms with van der Waals surface area (Å²) in [4.78, 5) is 0. The molecule has 0 amide bonds. The van der Waals surface area contributed by atoms with Crippen LogP contribution in [0.25, 0.3) is 66.7 Å². The molecule has 0 radical (unpaired) electrons. The van der Waals surface area contributed by atoms with Crippen LogP contribution in [0.1, 0.15) is 38.9 Å². The largest absolute Gasteiger partial charge is 0.192 e. The van der Waals surface area contributed by atoms with E-state index < -0.39 is 5.41 Å². The van der Waals surface area contributed by atoms with Crippen LogP contribution in [0.2, 0.25) is 0 Å². The molecule has 47 heavy (non-hydrogen) atoms. The van der Waals surface area contributed by atoms with Gasteiger partial charge < -0.3 is 0 Å². The molecular formula is C46H27N. The Kier molecular flexibility index (Phi) is 5.34. The Bertz CT molecular complexity index is 2690. The van der Waals surface area contributed by atoms with E-state index in [0.29, 0.717) is 5.56 Å². The Morgan fingerprint density at radius 2 is 0.936 bits per heavy atom. The molecule has 0 fully saturated rings. The number of rotatable bonds is 1. The number of fused-ring (bicyclic) bond motifs is 15. The van der Waals surface area contributed by atoms with E-state index in [-0.39, 0.29) is 0 Å². The maximum atomic E-state index is 9.45. The first kappa shape index (κ1) is 26.0. The summed E-state index contributed by atoms with van der Waals surface area (Å²) in [6, 6.07) is 57.8. The fourth-order valence-corrected chi connectivity index (χ4v) is 8.51. The summed E-state index contributed by atoms with van der Waals surface area (Å²) in [7, 11) is 0. The summed E-state index contributed by atoms with van der Waals surface area (Å²) in [5, 5.41) is 17.2. The second kappa shape index (κ2) is 9.63. The topological polar surface area (TPSA) is 23.8 Å². The van der Waals surface area contributed by atoms with Crippen LogP contribution in [0.5, 0.6) is 0 Å². The highest BCUT2D eigenvalue weighted by atomic mass is 14.5. The summed E-state index contributed by atoms with van der Waals surface area (Å²) in [5.74, 6) is 0. The maximum absolute atomic E-state index is 9.45. The van der Waals surface area contributed by atoms with Crippen molar-refractivity contribution in [3.63, 3.8) is 0 Å². The lowest BCUT2D eigenvalue weighted by Crippen LogP contribution is -2.30. The van der Waals surface area contributed by atoms with Gasteiger partial charge in [-0.1, -0.05) is 133 Å². The van der Waals surface area contributed by atoms with Crippen LogP contribution >= 0.6 is 0 Å². The SMILES string of the molecule is N#Cc1ccc(-c2ccc3c(c2)C2(c4ccccc4C=C3)c3ccccc3-c3cc4c5ccccc5c5ccccc5c4cc32)cc1. The van der Waals surface area contributed by atoms with E-state index in [4.69, 9.17) is 0 Å². The van der Waals surface area contributed by atoms with Gasteiger partial charge in [-0.3, -0.25) is 0 Å². The molecule has 2 aliphatic carbocycles. The Morgan fingerprint density at radius 3 is 1.64 bits per heavy atom. The molecule has 0 bridgehead atoms. The van der Waals surface area contributed by atoms with E-state index in [9.17, 15) is 5.26 Å². The lowest BCUT2D eigenvalue weighted by molar-refractivity contribution is 0.768. The van der Waals surface area contributed by atoms with Crippen molar-refractivity contribution in [1.82, 2.24) is 0 Å². The lowest BCUT2D eigenvalue weighted by Gasteiger charge is -2.36. The summed E-state index contributed by atoms with van der Waals surface area (Å²) in [5.41, 5.74) is 12.6. The van der Waals surface area contributed by atoms with Gasteiger partial charge >= 0.3 is 0 Å². The van der Waals surface area contributed by atoms with Crippen molar-refractivity contribution in [1.29, 1.82) is 5.26 Å². The first-order valence-corrected chi connectivity index (χ1v) is 16.2. The van der Waals surface area contributed by atoms with Gasteiger partial charge in [0.25, 0.3) is 0 Å². The van der Waals surface area contributed by atoms with Crippen molar-refractivity contribution >= 4 is 44.5 Å². The Hall–Kier alpha value is -6.23. The van der Waals surface area contributed by atoms with Crippen LogP contribution in [0.15, 0.2) is 152 Å². The highest BCUT2D eigenvalue weighted by Gasteiger charge is 2.48. The smallest absolute Gasteiger partial charge is 0.0991 e. The molecule has 2 aliphatic rings. The number of hydrogen-bond donors (Lipinski definition) is 0. The van der Waals surface area contributed by atoms with Crippen LogP contribution in [0.3, 0.4) is 0 Å². The third-order valence-corrected chi connectivity index (χ3v) is 10.5. The molecule has 0 heterocycles. The average molecular weight is 594 g/mol. The molecule has 216 valence electrons. The van der Waals surface area contributed by atoms with Gasteiger partial charge in [0.05, 0.1) is 17.0 Å². The zero-order valence-corrected chi connectivity index (χ0v) is 25.5. The zero-order valence-electron chi connectivity index (χ0n) is 25.5. The van der Waals surface area contributed by atoms with Gasteiger partial charge in [-0.05, 0) is 118 Å². The third kappa shape index (κ3) is 3.48. The first-order valence-electron chi connectivity index (χ1n) is 16.2. The van der Waals surface area contributed by atoms with Crippen LogP contribution in [-0.4, -0.2) is 0 Å². The second-order valence-corrected chi connectivity index (χ2v) is 12.7. The second-order valence-electron chi connectivity index (χ2n) is 12.7. The Morgan fingerprint density at radius 1 is 0.383 bits per heavy atom. The van der Waals surface area contributed by atoms with Crippen molar-refractivity contribution in [2.45, 2.75) is 5.41 Å². The van der Waals surface area contributed by atoms with Crippen molar-refractivity contribution < 1.29 is 0 Å². The molecule has 0 saturated carbocycles. The molecule has 1 heteroatoms. The quantitative estimate of drug-likeness (QED) is 0.174. The number of hydrogen-bond acceptors (Lipinski definition) is 1. The summed E-state index contributed by atoms with van der Waals surface area (Å²) in [6.45, 7) is 0. The van der Waals surface area contributed by atoms with Crippen molar-refractivity contribution in [3.05, 3.63) is 191 Å². The van der Waals surface area contributed by atoms with Crippen LogP contribution in [-0.2, 0) is 5.41 Å². The number of nitriles is 1. The molecule has 0 aliphatic heterocycles. The van der Waals surface area contributed by atoms with Crippen LogP contribution in [0.4, 0.5) is 0 Å². The first-order chi connectivity index (χ1) is 23.3. The predicted octanol–water partition coefficient (Wildman–Crippen LogP) is 11.5. The summed E-state index contributed by atoms with van der Waals surface area (Å²) < 4.78 is 0. The average Bonchev–Trinajstić information content (AvgIpc) is 3.34. The molecular weight excluding hydrogens is 567 g/mol. The van der Waals surface area contributed by atoms with Gasteiger partial charge in [-0.25, -0.2) is 0 Å². The van der Waals surface area contributed by atoms with Gasteiger partial charge in [0.15, 0.2) is 0 Å². The summed E-state index contributed by atoms with van der Waals surface area (Å²) in [6.07, 6.45) is 4.57. The number of nitrogens with zero attached hydrogens (tertiary/aromatic N) is 1. The van der Waals surface area contributed by atoms with Crippen LogP contribution < -0.4 is 0 Å². The monoisotopic (exact) mass is 593 g/mol. The van der Waals surface area contributed by atoms with Crippen molar-refractivity contribution in [2.75, 3.05) is 0 Å². The van der Waals surface area contributed by atoms with E-state index in [2.05, 4.69) is 158 Å². The molecule has 10 rings (SSSR count). The highest BCUT2D eigenvalue weighted by Crippen LogP contribution is 2.60. The third-order valence-electron chi connectivity index (χ3n) is 10.5. The van der Waals surface area contributed by atoms with Crippen molar-refractivity contribution in [3.8, 4) is 28.3 Å². The van der Waals surface area contributed by atoms with Gasteiger partial charge in [-0.15, -0.1) is 0 Å². The van der Waals surface area contributed by atoms with E-state index in [1.54, 1.807) is 0 Å². The molecule has 0 N–H and O–H groups in total. The van der Waals surface area contributed by atoms with Gasteiger partial charge in [-0.2, -0.15) is 5.26 Å². The summed E-state index contributed by atoms with van der Waals surface area (Å²) >= 11 is 0. The van der Waals surface area contributed by atoms with Crippen LogP contribution in [0, 0.1) is 11.3 Å². The van der Waals surface area contributed by atoms with E-state index >= 15 is 0 Å². The molecule has 1 unspecified atom stereocenters. The molecule has 8 aromatic carbocycles. The normalized spacial score (nSPS) is 15.6. The number of benzene rings is 8. The van der Waals surface area contributed by atoms with E-state index in [1.165, 1.54) is 76.8 Å². The molecule has 0 aromatic heterocycles. The molecule has 8 aromatic rings. The highest BCUT2D eigenvalue weighted by molar-refractivity contribution is 6.26. The minimum Gasteiger partial charge on any atom is -0.192 e. The van der Waals surface area contributed by atoms with Gasteiger partial charge in [0, 0.05) is 0 Å². The van der Waals surface area contributed by atoms with Gasteiger partial charge in [0.1, 0.15) is 0 Å². The van der Waals surface area contributed by atoms with E-state index in [1.807, 2.05) is 12.1 Å². The predicted molar refractivity (Wildman–Crippen MR) is 195 cm³/mol. The zero-order chi connectivity index (χ0) is 31.1. The molecule has 1 nitrogen and oxygen atoms in total. The van der Waals surface area contributed by atoms with Crippen molar-refractivity contribution in [2.24, 2.45) is 0 Å². The minimum absolute atomic E-state index is 0.537. The lowest BCUT2D eigenvalue weighted by atomic mass is 9.65. The fraction of sp³-hybridized carbons (Fsp3) is 0.0217. The molecule has 0 saturated heterocycles. The minimum atomic E-state index is -0.537. The molecule has 1 spiro atoms. The Labute approximate surface area is 273 Å². The Balaban J connectivity index is 1.39. The van der Waals surface area contributed by atoms with Gasteiger partial charge in [0.2, 0.25) is 0 Å². The maximum Gasteiger partial charge on any atom is 0.0991 e. The standard InChI is InChI=1S/C46H27N/c47-28-29-17-19-30(20-18-29)33-24-23-32-22-21-31-9-1-7-15-42(31)46(44(32)25-33)43-16-8-6-14-38(43)41-26-39-36-12-4-2-10-34(36)35-11-3-5-13-37(35)40(39)27-45(41)46/h1-27H. The fourth-order valence-electron chi connectivity index (χ4n) is 8.51. The van der Waals surface area contributed by atoms with E-state index in [0.717, 1.165) is 11.1 Å².